The van der Waals surface area contributed by atoms with E-state index in [0.717, 1.165) is 5.56 Å². The highest BCUT2D eigenvalue weighted by Gasteiger charge is 2.06. The van der Waals surface area contributed by atoms with Crippen molar-refractivity contribution < 1.29 is 18.3 Å². The molecule has 0 radical (unpaired) electrons. The van der Waals surface area contributed by atoms with Crippen molar-refractivity contribution in [1.82, 2.24) is 5.32 Å². The molecule has 19 heavy (non-hydrogen) atoms. The second-order valence-corrected chi connectivity index (χ2v) is 5.68. The van der Waals surface area contributed by atoms with E-state index in [4.69, 9.17) is 10.2 Å². The van der Waals surface area contributed by atoms with E-state index in [0.29, 0.717) is 25.8 Å². The van der Waals surface area contributed by atoms with Gasteiger partial charge in [-0.2, -0.15) is 0 Å². The van der Waals surface area contributed by atoms with Gasteiger partial charge in [-0.1, -0.05) is 12.1 Å². The summed E-state index contributed by atoms with van der Waals surface area (Å²) >= 11 is 0. The van der Waals surface area contributed by atoms with Crippen molar-refractivity contribution in [3.8, 4) is 0 Å². The Hall–Kier alpha value is -1.44. The number of aliphatic hydroxyl groups excluding tert-OH is 1. The zero-order valence-electron chi connectivity index (χ0n) is 10.5. The minimum atomic E-state index is -3.66. The van der Waals surface area contributed by atoms with E-state index in [1.54, 1.807) is 12.1 Å². The normalized spacial score (nSPS) is 11.3. The Kier molecular flexibility index (Phi) is 5.94. The molecule has 0 bridgehead atoms. The molecular weight excluding hydrogens is 268 g/mol. The lowest BCUT2D eigenvalue weighted by Crippen LogP contribution is -2.25. The molecular formula is C12H18N2O4S. The molecule has 0 aliphatic heterocycles. The predicted molar refractivity (Wildman–Crippen MR) is 70.8 cm³/mol. The number of nitrogens with one attached hydrogen (secondary N) is 1. The SMILES string of the molecule is NS(=O)(=O)c1ccc(CCNC(=O)CCCO)cc1. The molecule has 0 heterocycles. The number of carbonyl (C=O) groups is 1. The number of aliphatic hydroxyl groups is 1. The molecule has 1 amide bonds. The van der Waals surface area contributed by atoms with Gasteiger partial charge in [-0.25, -0.2) is 13.6 Å². The van der Waals surface area contributed by atoms with E-state index in [-0.39, 0.29) is 17.4 Å². The smallest absolute Gasteiger partial charge is 0.238 e. The number of benzene rings is 1. The predicted octanol–water partition coefficient (Wildman–Crippen LogP) is -0.235. The Balaban J connectivity index is 2.40. The summed E-state index contributed by atoms with van der Waals surface area (Å²) in [6.07, 6.45) is 1.37. The molecule has 7 heteroatoms. The lowest BCUT2D eigenvalue weighted by molar-refractivity contribution is -0.121. The number of sulfonamides is 1. The Morgan fingerprint density at radius 3 is 2.42 bits per heavy atom. The van der Waals surface area contributed by atoms with E-state index < -0.39 is 10.0 Å². The first kappa shape index (κ1) is 15.6. The molecule has 1 aromatic rings. The molecule has 0 saturated carbocycles. The number of carbonyl (C=O) groups excluding carboxylic acids is 1. The van der Waals surface area contributed by atoms with Gasteiger partial charge in [0.15, 0.2) is 0 Å². The van der Waals surface area contributed by atoms with Gasteiger partial charge in [-0.05, 0) is 30.5 Å². The third kappa shape index (κ3) is 5.82. The van der Waals surface area contributed by atoms with Gasteiger partial charge < -0.3 is 10.4 Å². The van der Waals surface area contributed by atoms with Crippen LogP contribution in [0.3, 0.4) is 0 Å². The highest BCUT2D eigenvalue weighted by molar-refractivity contribution is 7.89. The summed E-state index contributed by atoms with van der Waals surface area (Å²) in [5.41, 5.74) is 0.912. The maximum atomic E-state index is 11.3. The molecule has 0 aliphatic rings. The van der Waals surface area contributed by atoms with Crippen molar-refractivity contribution in [3.63, 3.8) is 0 Å². The van der Waals surface area contributed by atoms with Gasteiger partial charge in [0.2, 0.25) is 15.9 Å². The zero-order chi connectivity index (χ0) is 14.3. The summed E-state index contributed by atoms with van der Waals surface area (Å²) < 4.78 is 22.1. The van der Waals surface area contributed by atoms with Crippen molar-refractivity contribution in [2.75, 3.05) is 13.2 Å². The molecule has 1 rings (SSSR count). The first-order valence-electron chi connectivity index (χ1n) is 5.93. The van der Waals surface area contributed by atoms with Gasteiger partial charge in [-0.3, -0.25) is 4.79 Å². The van der Waals surface area contributed by atoms with Crippen LogP contribution in [-0.4, -0.2) is 32.6 Å². The van der Waals surface area contributed by atoms with Crippen LogP contribution in [0.25, 0.3) is 0 Å². The van der Waals surface area contributed by atoms with Gasteiger partial charge >= 0.3 is 0 Å². The summed E-state index contributed by atoms with van der Waals surface area (Å²) in [6.45, 7) is 0.474. The first-order valence-corrected chi connectivity index (χ1v) is 7.47. The second-order valence-electron chi connectivity index (χ2n) is 4.12. The average Bonchev–Trinajstić information content (AvgIpc) is 2.36. The monoisotopic (exact) mass is 286 g/mol. The summed E-state index contributed by atoms with van der Waals surface area (Å²) in [4.78, 5) is 11.3. The molecule has 1 aromatic carbocycles. The largest absolute Gasteiger partial charge is 0.396 e. The summed E-state index contributed by atoms with van der Waals surface area (Å²) in [7, 11) is -3.66. The highest BCUT2D eigenvalue weighted by Crippen LogP contribution is 2.08. The molecule has 106 valence electrons. The van der Waals surface area contributed by atoms with Crippen LogP contribution in [0.2, 0.25) is 0 Å². The van der Waals surface area contributed by atoms with Gasteiger partial charge in [0.25, 0.3) is 0 Å². The molecule has 0 fully saturated rings. The van der Waals surface area contributed by atoms with Crippen LogP contribution < -0.4 is 10.5 Å². The number of hydrogen-bond acceptors (Lipinski definition) is 4. The summed E-state index contributed by atoms with van der Waals surface area (Å²) in [5, 5.41) is 16.3. The van der Waals surface area contributed by atoms with Gasteiger partial charge in [0.1, 0.15) is 0 Å². The molecule has 6 nitrogen and oxygen atoms in total. The van der Waals surface area contributed by atoms with Gasteiger partial charge in [0.05, 0.1) is 4.90 Å². The molecule has 4 N–H and O–H groups in total. The van der Waals surface area contributed by atoms with Crippen LogP contribution in [0.4, 0.5) is 0 Å². The van der Waals surface area contributed by atoms with E-state index in [9.17, 15) is 13.2 Å². The molecule has 0 unspecified atom stereocenters. The van der Waals surface area contributed by atoms with Crippen LogP contribution in [0.5, 0.6) is 0 Å². The highest BCUT2D eigenvalue weighted by atomic mass is 32.2. The Morgan fingerprint density at radius 2 is 1.89 bits per heavy atom. The van der Waals surface area contributed by atoms with Crippen molar-refractivity contribution in [2.45, 2.75) is 24.2 Å². The zero-order valence-corrected chi connectivity index (χ0v) is 11.3. The Morgan fingerprint density at radius 1 is 1.26 bits per heavy atom. The van der Waals surface area contributed by atoms with Crippen LogP contribution in [0.15, 0.2) is 29.2 Å². The lowest BCUT2D eigenvalue weighted by atomic mass is 10.1. The number of primary sulfonamides is 1. The minimum Gasteiger partial charge on any atom is -0.396 e. The topological polar surface area (TPSA) is 109 Å². The van der Waals surface area contributed by atoms with Crippen LogP contribution in [-0.2, 0) is 21.2 Å². The standard InChI is InChI=1S/C12H18N2O4S/c13-19(17,18)11-5-3-10(4-6-11)7-8-14-12(16)2-1-9-15/h3-6,15H,1-2,7-9H2,(H,14,16)(H2,13,17,18). The number of nitrogens with two attached hydrogens (primary N) is 1. The third-order valence-electron chi connectivity index (χ3n) is 2.55. The molecule has 0 spiro atoms. The van der Waals surface area contributed by atoms with Crippen molar-refractivity contribution in [2.24, 2.45) is 5.14 Å². The fourth-order valence-electron chi connectivity index (χ4n) is 1.52. The maximum absolute atomic E-state index is 11.3. The fraction of sp³-hybridized carbons (Fsp3) is 0.417. The number of amides is 1. The van der Waals surface area contributed by atoms with Crippen molar-refractivity contribution in [1.29, 1.82) is 0 Å². The van der Waals surface area contributed by atoms with Crippen LogP contribution in [0, 0.1) is 0 Å². The maximum Gasteiger partial charge on any atom is 0.238 e. The van der Waals surface area contributed by atoms with Gasteiger partial charge in [0, 0.05) is 19.6 Å². The Labute approximate surface area is 112 Å². The summed E-state index contributed by atoms with van der Waals surface area (Å²) in [5.74, 6) is -0.102. The number of hydrogen-bond donors (Lipinski definition) is 3. The second kappa shape index (κ2) is 7.22. The molecule has 0 aliphatic carbocycles. The third-order valence-corrected chi connectivity index (χ3v) is 3.48. The van der Waals surface area contributed by atoms with Crippen molar-refractivity contribution in [3.05, 3.63) is 29.8 Å². The fourth-order valence-corrected chi connectivity index (χ4v) is 2.04. The summed E-state index contributed by atoms with van der Waals surface area (Å²) in [6, 6.07) is 6.22. The molecule has 0 atom stereocenters. The molecule has 0 aromatic heterocycles. The minimum absolute atomic E-state index is 0.00243. The first-order chi connectivity index (χ1) is 8.93. The van der Waals surface area contributed by atoms with E-state index in [2.05, 4.69) is 5.32 Å². The van der Waals surface area contributed by atoms with E-state index >= 15 is 0 Å². The van der Waals surface area contributed by atoms with E-state index in [1.807, 2.05) is 0 Å². The lowest BCUT2D eigenvalue weighted by Gasteiger charge is -2.05. The quantitative estimate of drug-likeness (QED) is 0.643. The van der Waals surface area contributed by atoms with Crippen LogP contribution in [0.1, 0.15) is 18.4 Å². The average molecular weight is 286 g/mol. The Bertz CT molecular complexity index is 511. The van der Waals surface area contributed by atoms with E-state index in [1.165, 1.54) is 12.1 Å². The van der Waals surface area contributed by atoms with Crippen molar-refractivity contribution >= 4 is 15.9 Å². The molecule has 0 saturated heterocycles. The van der Waals surface area contributed by atoms with Gasteiger partial charge in [-0.15, -0.1) is 0 Å². The van der Waals surface area contributed by atoms with Crippen LogP contribution >= 0.6 is 0 Å². The number of rotatable bonds is 7.